The molecule has 8 heteroatoms. The minimum atomic E-state index is -0.366. The first-order chi connectivity index (χ1) is 11.1. The fourth-order valence-corrected chi connectivity index (χ4v) is 3.31. The Morgan fingerprint density at radius 1 is 1.48 bits per heavy atom. The molecule has 0 spiro atoms. The molecule has 2 heterocycles. The second-order valence-electron chi connectivity index (χ2n) is 5.41. The third-order valence-corrected chi connectivity index (χ3v) is 4.75. The molecule has 0 amide bonds. The maximum Gasteiger partial charge on any atom is 0.210 e. The molecule has 1 aromatic heterocycles. The summed E-state index contributed by atoms with van der Waals surface area (Å²) in [5.41, 5.74) is 0.476. The summed E-state index contributed by atoms with van der Waals surface area (Å²) in [5.74, 6) is -0.441. The van der Waals surface area contributed by atoms with E-state index in [4.69, 9.17) is 4.74 Å². The van der Waals surface area contributed by atoms with Gasteiger partial charge in [-0.3, -0.25) is 4.79 Å². The van der Waals surface area contributed by atoms with Gasteiger partial charge in [0.15, 0.2) is 5.78 Å². The number of halogens is 1. The van der Waals surface area contributed by atoms with Gasteiger partial charge in [-0.05, 0) is 54.5 Å². The van der Waals surface area contributed by atoms with Gasteiger partial charge in [0.2, 0.25) is 5.16 Å². The zero-order valence-corrected chi connectivity index (χ0v) is 13.5. The second-order valence-corrected chi connectivity index (χ2v) is 6.72. The molecule has 3 rings (SSSR count). The van der Waals surface area contributed by atoms with Gasteiger partial charge in [-0.1, -0.05) is 11.8 Å². The van der Waals surface area contributed by atoms with Crippen LogP contribution < -0.4 is 0 Å². The van der Waals surface area contributed by atoms with E-state index < -0.39 is 0 Å². The number of thioether (sulfide) groups is 1. The number of rotatable bonds is 6. The third kappa shape index (κ3) is 3.94. The molecule has 6 nitrogen and oxygen atoms in total. The van der Waals surface area contributed by atoms with Crippen LogP contribution in [-0.2, 0) is 11.3 Å². The molecule has 2 atom stereocenters. The Hall–Kier alpha value is -1.80. The molecule has 2 unspecified atom stereocenters. The molecule has 0 N–H and O–H groups in total. The Bertz CT molecular complexity index is 670. The first-order valence-electron chi connectivity index (χ1n) is 7.47. The number of benzene rings is 1. The largest absolute Gasteiger partial charge is 0.376 e. The van der Waals surface area contributed by atoms with E-state index in [2.05, 4.69) is 15.5 Å². The number of ether oxygens (including phenoxy) is 1. The Balaban J connectivity index is 1.65. The third-order valence-electron chi connectivity index (χ3n) is 3.68. The lowest BCUT2D eigenvalue weighted by atomic mass is 10.1. The van der Waals surface area contributed by atoms with Crippen LogP contribution in [0, 0.1) is 5.82 Å². The molecule has 1 fully saturated rings. The quantitative estimate of drug-likeness (QED) is 0.596. The molecular formula is C15H17FN4O2S. The maximum absolute atomic E-state index is 12.9. The SMILES string of the molecule is CC(Sc1nnnn1CC1CCCO1)C(=O)c1ccc(F)cc1. The van der Waals surface area contributed by atoms with Crippen molar-refractivity contribution in [1.29, 1.82) is 0 Å². The Morgan fingerprint density at radius 2 is 2.26 bits per heavy atom. The smallest absolute Gasteiger partial charge is 0.210 e. The Kier molecular flexibility index (Phi) is 5.02. The van der Waals surface area contributed by atoms with Crippen LogP contribution in [0.1, 0.15) is 30.1 Å². The minimum absolute atomic E-state index is 0.0818. The number of ketones is 1. The van der Waals surface area contributed by atoms with Crippen molar-refractivity contribution >= 4 is 17.5 Å². The van der Waals surface area contributed by atoms with E-state index in [9.17, 15) is 9.18 Å². The summed E-state index contributed by atoms with van der Waals surface area (Å²) in [7, 11) is 0. The van der Waals surface area contributed by atoms with Gasteiger partial charge in [-0.2, -0.15) is 0 Å². The number of hydrogen-bond acceptors (Lipinski definition) is 6. The lowest BCUT2D eigenvalue weighted by Gasteiger charge is -2.12. The van der Waals surface area contributed by atoms with E-state index in [1.54, 1.807) is 11.6 Å². The highest BCUT2D eigenvalue weighted by Gasteiger charge is 2.22. The number of hydrogen-bond donors (Lipinski definition) is 0. The maximum atomic E-state index is 12.9. The van der Waals surface area contributed by atoms with E-state index in [1.807, 2.05) is 0 Å². The summed E-state index contributed by atoms with van der Waals surface area (Å²) in [6.45, 7) is 3.16. The fraction of sp³-hybridized carbons (Fsp3) is 0.467. The van der Waals surface area contributed by atoms with Gasteiger partial charge in [-0.15, -0.1) is 5.10 Å². The van der Waals surface area contributed by atoms with Crippen molar-refractivity contribution in [2.24, 2.45) is 0 Å². The molecule has 1 aliphatic rings. The van der Waals surface area contributed by atoms with E-state index in [1.165, 1.54) is 36.0 Å². The summed E-state index contributed by atoms with van der Waals surface area (Å²) >= 11 is 1.30. The molecule has 1 aliphatic heterocycles. The molecule has 1 saturated heterocycles. The second kappa shape index (κ2) is 7.18. The van der Waals surface area contributed by atoms with E-state index in [0.717, 1.165) is 19.4 Å². The lowest BCUT2D eigenvalue weighted by molar-refractivity contribution is 0.0911. The van der Waals surface area contributed by atoms with E-state index in [-0.39, 0.29) is 23.0 Å². The number of tetrazole rings is 1. The summed E-state index contributed by atoms with van der Waals surface area (Å²) in [6, 6.07) is 5.55. The van der Waals surface area contributed by atoms with Crippen LogP contribution >= 0.6 is 11.8 Å². The predicted molar refractivity (Wildman–Crippen MR) is 82.8 cm³/mol. The van der Waals surface area contributed by atoms with Gasteiger partial charge >= 0.3 is 0 Å². The van der Waals surface area contributed by atoms with Crippen molar-refractivity contribution in [2.75, 3.05) is 6.61 Å². The summed E-state index contributed by atoms with van der Waals surface area (Å²) in [4.78, 5) is 12.4. The summed E-state index contributed by atoms with van der Waals surface area (Å²) in [5, 5.41) is 11.9. The molecule has 2 aromatic rings. The molecule has 122 valence electrons. The van der Waals surface area contributed by atoms with Gasteiger partial charge in [0.05, 0.1) is 17.9 Å². The first-order valence-corrected chi connectivity index (χ1v) is 8.35. The monoisotopic (exact) mass is 336 g/mol. The van der Waals surface area contributed by atoms with Gasteiger partial charge in [0.1, 0.15) is 5.82 Å². The molecule has 0 bridgehead atoms. The van der Waals surface area contributed by atoms with Gasteiger partial charge in [0, 0.05) is 12.2 Å². The van der Waals surface area contributed by atoms with Crippen LogP contribution in [0.3, 0.4) is 0 Å². The summed E-state index contributed by atoms with van der Waals surface area (Å²) in [6.07, 6.45) is 2.17. The summed E-state index contributed by atoms with van der Waals surface area (Å²) < 4.78 is 20.2. The zero-order valence-electron chi connectivity index (χ0n) is 12.7. The predicted octanol–water partition coefficient (Wildman–Crippen LogP) is 2.35. The van der Waals surface area contributed by atoms with E-state index in [0.29, 0.717) is 17.3 Å². The van der Waals surface area contributed by atoms with Gasteiger partial charge < -0.3 is 4.74 Å². The molecule has 1 aromatic carbocycles. The lowest BCUT2D eigenvalue weighted by Crippen LogP contribution is -2.19. The van der Waals surface area contributed by atoms with Crippen LogP contribution in [0.5, 0.6) is 0 Å². The highest BCUT2D eigenvalue weighted by atomic mass is 32.2. The number of nitrogens with zero attached hydrogens (tertiary/aromatic N) is 4. The van der Waals surface area contributed by atoms with Crippen LogP contribution in [0.25, 0.3) is 0 Å². The van der Waals surface area contributed by atoms with Crippen LogP contribution in [0.4, 0.5) is 4.39 Å². The number of aromatic nitrogens is 4. The minimum Gasteiger partial charge on any atom is -0.376 e. The highest BCUT2D eigenvalue weighted by Crippen LogP contribution is 2.24. The average Bonchev–Trinajstić information content (AvgIpc) is 3.20. The normalized spacial score (nSPS) is 19.0. The van der Waals surface area contributed by atoms with E-state index >= 15 is 0 Å². The Labute approximate surface area is 137 Å². The molecule has 0 aliphatic carbocycles. The van der Waals surface area contributed by atoms with Crippen molar-refractivity contribution in [3.8, 4) is 0 Å². The van der Waals surface area contributed by atoms with Gasteiger partial charge in [0.25, 0.3) is 0 Å². The van der Waals surface area contributed by atoms with Crippen LogP contribution in [-0.4, -0.2) is 44.0 Å². The number of carbonyl (C=O) groups excluding carboxylic acids is 1. The average molecular weight is 336 g/mol. The van der Waals surface area contributed by atoms with Crippen molar-refractivity contribution in [2.45, 2.75) is 42.8 Å². The standard InChI is InChI=1S/C15H17FN4O2S/c1-10(14(21)11-4-6-12(16)7-5-11)23-15-17-18-19-20(15)9-13-3-2-8-22-13/h4-7,10,13H,2-3,8-9H2,1H3. The van der Waals surface area contributed by atoms with Crippen LogP contribution in [0.2, 0.25) is 0 Å². The van der Waals surface area contributed by atoms with Crippen molar-refractivity contribution in [1.82, 2.24) is 20.2 Å². The highest BCUT2D eigenvalue weighted by molar-refractivity contribution is 8.00. The molecule has 0 saturated carbocycles. The first kappa shape index (κ1) is 16.1. The molecule has 0 radical (unpaired) electrons. The Morgan fingerprint density at radius 3 is 2.96 bits per heavy atom. The van der Waals surface area contributed by atoms with Crippen molar-refractivity contribution in [3.05, 3.63) is 35.6 Å². The number of carbonyl (C=O) groups is 1. The number of Topliss-reactive ketones (excluding diaryl/α,β-unsaturated/α-hetero) is 1. The van der Waals surface area contributed by atoms with Crippen LogP contribution in [0.15, 0.2) is 29.4 Å². The fourth-order valence-electron chi connectivity index (χ4n) is 2.44. The van der Waals surface area contributed by atoms with Gasteiger partial charge in [-0.25, -0.2) is 9.07 Å². The van der Waals surface area contributed by atoms with Crippen molar-refractivity contribution in [3.63, 3.8) is 0 Å². The molecule has 23 heavy (non-hydrogen) atoms. The topological polar surface area (TPSA) is 69.9 Å². The zero-order chi connectivity index (χ0) is 16.2. The molecular weight excluding hydrogens is 319 g/mol. The van der Waals surface area contributed by atoms with Crippen molar-refractivity contribution < 1.29 is 13.9 Å².